The zero-order chi connectivity index (χ0) is 27.4. The van der Waals surface area contributed by atoms with Crippen molar-refractivity contribution < 1.29 is 19.1 Å². The van der Waals surface area contributed by atoms with E-state index in [4.69, 9.17) is 21.1 Å². The van der Waals surface area contributed by atoms with Gasteiger partial charge in [0.15, 0.2) is 0 Å². The third-order valence-corrected chi connectivity index (χ3v) is 6.55. The summed E-state index contributed by atoms with van der Waals surface area (Å²) in [5.74, 6) is -0.914. The van der Waals surface area contributed by atoms with Gasteiger partial charge < -0.3 is 30.1 Å². The molecule has 12 heteroatoms. The lowest BCUT2D eigenvalue weighted by Gasteiger charge is -2.18. The summed E-state index contributed by atoms with van der Waals surface area (Å²) in [7, 11) is 2.62. The number of anilines is 2. The van der Waals surface area contributed by atoms with Crippen LogP contribution in [0.4, 0.5) is 11.9 Å². The standard InChI is InChI=1S/C27H26ClN7O4/c1-38-23(36)21(11-15-13-29-19-9-5-3-7-17(15)19)31-26-33-25(28)34-27(35-26)32-22(24(37)39-2)12-16-14-30-20-10-6-4-8-18(16)20/h3-10,13-14,21-22,29-30H,11-12H2,1-2H3,(H2,31,32,33,34,35)/t21-,22-/m0/s1. The highest BCUT2D eigenvalue weighted by atomic mass is 35.5. The van der Waals surface area contributed by atoms with Crippen molar-refractivity contribution in [1.82, 2.24) is 24.9 Å². The fourth-order valence-electron chi connectivity index (χ4n) is 4.50. The van der Waals surface area contributed by atoms with Gasteiger partial charge in [-0.3, -0.25) is 0 Å². The summed E-state index contributed by atoms with van der Waals surface area (Å²) in [6.07, 6.45) is 4.30. The Morgan fingerprint density at radius 3 is 1.64 bits per heavy atom. The van der Waals surface area contributed by atoms with Crippen LogP contribution >= 0.6 is 11.6 Å². The minimum absolute atomic E-state index is 0.0449. The maximum Gasteiger partial charge on any atom is 0.328 e. The number of halogens is 1. The van der Waals surface area contributed by atoms with Crippen molar-refractivity contribution in [2.75, 3.05) is 24.9 Å². The Balaban J connectivity index is 1.38. The van der Waals surface area contributed by atoms with Crippen LogP contribution in [0.25, 0.3) is 21.8 Å². The molecule has 0 spiro atoms. The number of benzene rings is 2. The average Bonchev–Trinajstić information content (AvgIpc) is 3.55. The molecule has 0 saturated carbocycles. The summed E-state index contributed by atoms with van der Waals surface area (Å²) >= 11 is 6.20. The molecule has 5 rings (SSSR count). The topological polar surface area (TPSA) is 147 Å². The van der Waals surface area contributed by atoms with Crippen LogP contribution in [-0.2, 0) is 31.9 Å². The zero-order valence-corrected chi connectivity index (χ0v) is 22.0. The molecule has 2 aromatic carbocycles. The van der Waals surface area contributed by atoms with Crippen LogP contribution in [0.5, 0.6) is 0 Å². The minimum atomic E-state index is -0.817. The predicted molar refractivity (Wildman–Crippen MR) is 148 cm³/mol. The molecule has 39 heavy (non-hydrogen) atoms. The van der Waals surface area contributed by atoms with Crippen LogP contribution in [0.2, 0.25) is 5.28 Å². The SMILES string of the molecule is COC(=O)[C@H](Cc1c[nH]c2ccccc12)Nc1nc(Cl)nc(N[C@@H](Cc2c[nH]c3ccccc23)C(=O)OC)n1. The maximum atomic E-state index is 12.7. The molecule has 0 aliphatic rings. The second kappa shape index (κ2) is 11.4. The molecule has 0 aliphatic carbocycles. The highest BCUT2D eigenvalue weighted by Gasteiger charge is 2.25. The van der Waals surface area contributed by atoms with Gasteiger partial charge in [-0.25, -0.2) is 9.59 Å². The number of fused-ring (bicyclic) bond motifs is 2. The van der Waals surface area contributed by atoms with E-state index in [9.17, 15) is 9.59 Å². The molecule has 2 atom stereocenters. The fourth-order valence-corrected chi connectivity index (χ4v) is 4.66. The summed E-state index contributed by atoms with van der Waals surface area (Å²) < 4.78 is 10.0. The molecule has 0 radical (unpaired) electrons. The van der Waals surface area contributed by atoms with Gasteiger partial charge in [0, 0.05) is 47.0 Å². The number of ether oxygens (including phenoxy) is 2. The Kier molecular flexibility index (Phi) is 7.60. The van der Waals surface area contributed by atoms with Crippen molar-refractivity contribution >= 4 is 57.2 Å². The summed E-state index contributed by atoms with van der Waals surface area (Å²) in [4.78, 5) is 44.3. The molecule has 0 fully saturated rings. The molecule has 0 amide bonds. The van der Waals surface area contributed by atoms with Crippen LogP contribution in [0.15, 0.2) is 60.9 Å². The first-order valence-corrected chi connectivity index (χ1v) is 12.5. The minimum Gasteiger partial charge on any atom is -0.467 e. The lowest BCUT2D eigenvalue weighted by molar-refractivity contribution is -0.142. The van der Waals surface area contributed by atoms with Crippen molar-refractivity contribution in [2.45, 2.75) is 24.9 Å². The lowest BCUT2D eigenvalue weighted by atomic mass is 10.1. The van der Waals surface area contributed by atoms with Gasteiger partial charge in [-0.1, -0.05) is 36.4 Å². The third kappa shape index (κ3) is 5.78. The first-order valence-electron chi connectivity index (χ1n) is 12.2. The fraction of sp³-hybridized carbons (Fsp3) is 0.222. The van der Waals surface area contributed by atoms with Crippen molar-refractivity contribution in [3.8, 4) is 0 Å². The molecule has 3 aromatic heterocycles. The molecule has 4 N–H and O–H groups in total. The second-order valence-corrected chi connectivity index (χ2v) is 9.16. The summed E-state index contributed by atoms with van der Waals surface area (Å²) in [6, 6.07) is 13.9. The van der Waals surface area contributed by atoms with Gasteiger partial charge in [-0.15, -0.1) is 0 Å². The molecule has 0 saturated heterocycles. The van der Waals surface area contributed by atoms with Crippen LogP contribution in [0.3, 0.4) is 0 Å². The van der Waals surface area contributed by atoms with Gasteiger partial charge >= 0.3 is 11.9 Å². The summed E-state index contributed by atoms with van der Waals surface area (Å²) in [6.45, 7) is 0. The normalized spacial score (nSPS) is 12.7. The van der Waals surface area contributed by atoms with Crippen LogP contribution in [0, 0.1) is 0 Å². The Morgan fingerprint density at radius 1 is 0.769 bits per heavy atom. The number of aromatic amines is 2. The average molecular weight is 548 g/mol. The van der Waals surface area contributed by atoms with E-state index in [1.807, 2.05) is 60.9 Å². The molecule has 0 unspecified atom stereocenters. The monoisotopic (exact) mass is 547 g/mol. The van der Waals surface area contributed by atoms with E-state index in [0.717, 1.165) is 32.9 Å². The van der Waals surface area contributed by atoms with E-state index in [0.29, 0.717) is 12.8 Å². The number of carbonyl (C=O) groups is 2. The largest absolute Gasteiger partial charge is 0.467 e. The number of H-pyrrole nitrogens is 2. The van der Waals surface area contributed by atoms with E-state index >= 15 is 0 Å². The number of hydrogen-bond donors (Lipinski definition) is 4. The molecule has 3 heterocycles. The number of nitrogens with one attached hydrogen (secondary N) is 4. The Hall–Kier alpha value is -4.64. The molecule has 200 valence electrons. The number of carbonyl (C=O) groups excluding carboxylic acids is 2. The Morgan fingerprint density at radius 2 is 1.21 bits per heavy atom. The van der Waals surface area contributed by atoms with Gasteiger partial charge in [-0.2, -0.15) is 15.0 Å². The van der Waals surface area contributed by atoms with Crippen LogP contribution in [-0.4, -0.2) is 63.2 Å². The van der Waals surface area contributed by atoms with E-state index in [1.54, 1.807) is 0 Å². The summed E-state index contributed by atoms with van der Waals surface area (Å²) in [5, 5.41) is 7.86. The highest BCUT2D eigenvalue weighted by molar-refractivity contribution is 6.28. The van der Waals surface area contributed by atoms with Gasteiger partial charge in [-0.05, 0) is 34.9 Å². The maximum absolute atomic E-state index is 12.7. The van der Waals surface area contributed by atoms with Crippen LogP contribution in [0.1, 0.15) is 11.1 Å². The summed E-state index contributed by atoms with van der Waals surface area (Å²) in [5.41, 5.74) is 3.73. The number of rotatable bonds is 10. The molecule has 0 bridgehead atoms. The van der Waals surface area contributed by atoms with Gasteiger partial charge in [0.05, 0.1) is 14.2 Å². The van der Waals surface area contributed by atoms with E-state index in [2.05, 4.69) is 35.6 Å². The third-order valence-electron chi connectivity index (χ3n) is 6.38. The molecular formula is C27H26ClN7O4. The predicted octanol–water partition coefficient (Wildman–Crippen LogP) is 3.88. The van der Waals surface area contributed by atoms with Gasteiger partial charge in [0.2, 0.25) is 17.2 Å². The number of hydrogen-bond acceptors (Lipinski definition) is 9. The number of methoxy groups -OCH3 is 2. The number of nitrogens with zero attached hydrogens (tertiary/aromatic N) is 3. The lowest BCUT2D eigenvalue weighted by Crippen LogP contribution is -2.35. The quantitative estimate of drug-likeness (QED) is 0.191. The smallest absolute Gasteiger partial charge is 0.328 e. The number of esters is 2. The highest BCUT2D eigenvalue weighted by Crippen LogP contribution is 2.23. The van der Waals surface area contributed by atoms with Gasteiger partial charge in [0.25, 0.3) is 0 Å². The first kappa shape index (κ1) is 26.0. The van der Waals surface area contributed by atoms with Crippen molar-refractivity contribution in [1.29, 1.82) is 0 Å². The molecule has 0 aliphatic heterocycles. The number of para-hydroxylation sites is 2. The molecule has 11 nitrogen and oxygen atoms in total. The zero-order valence-electron chi connectivity index (χ0n) is 21.2. The molecule has 5 aromatic rings. The van der Waals surface area contributed by atoms with E-state index in [1.165, 1.54) is 14.2 Å². The van der Waals surface area contributed by atoms with Crippen molar-refractivity contribution in [2.24, 2.45) is 0 Å². The van der Waals surface area contributed by atoms with Crippen molar-refractivity contribution in [3.05, 3.63) is 77.3 Å². The Labute approximate surface area is 228 Å². The van der Waals surface area contributed by atoms with Gasteiger partial charge in [0.1, 0.15) is 12.1 Å². The first-order chi connectivity index (χ1) is 18.9. The van der Waals surface area contributed by atoms with E-state index < -0.39 is 24.0 Å². The molecular weight excluding hydrogens is 522 g/mol. The van der Waals surface area contributed by atoms with E-state index in [-0.39, 0.29) is 17.2 Å². The Bertz CT molecular complexity index is 1520. The van der Waals surface area contributed by atoms with Crippen molar-refractivity contribution in [3.63, 3.8) is 0 Å². The number of aromatic nitrogens is 5. The van der Waals surface area contributed by atoms with Crippen LogP contribution < -0.4 is 10.6 Å². The second-order valence-electron chi connectivity index (χ2n) is 8.82.